The third-order valence-corrected chi connectivity index (χ3v) is 3.55. The molecule has 0 aliphatic heterocycles. The van der Waals surface area contributed by atoms with Crippen molar-refractivity contribution in [1.29, 1.82) is 0 Å². The van der Waals surface area contributed by atoms with Crippen molar-refractivity contribution >= 4 is 0 Å². The molecule has 3 nitrogen and oxygen atoms in total. The van der Waals surface area contributed by atoms with Crippen LogP contribution in [0.2, 0.25) is 0 Å². The SMILES string of the molecule is CCN(CC)CCN[C@@H]1CCCC[C@@H]1N. The van der Waals surface area contributed by atoms with Crippen LogP contribution in [-0.2, 0) is 0 Å². The highest BCUT2D eigenvalue weighted by Crippen LogP contribution is 2.16. The standard InChI is InChI=1S/C12H27N3/c1-3-15(4-2)10-9-14-12-8-6-5-7-11(12)13/h11-12,14H,3-10,13H2,1-2H3/t11-,12+/m0/s1. The van der Waals surface area contributed by atoms with Crippen LogP contribution >= 0.6 is 0 Å². The molecule has 0 amide bonds. The number of nitrogens with zero attached hydrogens (tertiary/aromatic N) is 1. The van der Waals surface area contributed by atoms with E-state index in [0.29, 0.717) is 12.1 Å². The van der Waals surface area contributed by atoms with E-state index in [2.05, 4.69) is 24.1 Å². The Hall–Kier alpha value is -0.120. The second-order valence-electron chi connectivity index (χ2n) is 4.54. The molecule has 0 aromatic carbocycles. The lowest BCUT2D eigenvalue weighted by Gasteiger charge is -2.30. The molecule has 0 spiro atoms. The second-order valence-corrected chi connectivity index (χ2v) is 4.54. The number of hydrogen-bond donors (Lipinski definition) is 2. The molecule has 0 saturated heterocycles. The molecule has 1 rings (SSSR count). The van der Waals surface area contributed by atoms with Gasteiger partial charge in [0.25, 0.3) is 0 Å². The van der Waals surface area contributed by atoms with Crippen molar-refractivity contribution in [1.82, 2.24) is 10.2 Å². The van der Waals surface area contributed by atoms with Crippen LogP contribution in [0.15, 0.2) is 0 Å². The summed E-state index contributed by atoms with van der Waals surface area (Å²) in [5.74, 6) is 0. The maximum Gasteiger partial charge on any atom is 0.0219 e. The first-order valence-electron chi connectivity index (χ1n) is 6.49. The fourth-order valence-corrected chi connectivity index (χ4v) is 2.36. The molecule has 1 fully saturated rings. The summed E-state index contributed by atoms with van der Waals surface area (Å²) in [7, 11) is 0. The maximum atomic E-state index is 6.08. The molecular weight excluding hydrogens is 186 g/mol. The van der Waals surface area contributed by atoms with Crippen LogP contribution in [-0.4, -0.2) is 43.2 Å². The van der Waals surface area contributed by atoms with Crippen molar-refractivity contribution in [2.75, 3.05) is 26.2 Å². The average molecular weight is 213 g/mol. The van der Waals surface area contributed by atoms with E-state index < -0.39 is 0 Å². The predicted octanol–water partition coefficient (Wildman–Crippen LogP) is 1.19. The van der Waals surface area contributed by atoms with E-state index in [4.69, 9.17) is 5.73 Å². The van der Waals surface area contributed by atoms with Gasteiger partial charge in [0.1, 0.15) is 0 Å². The highest BCUT2D eigenvalue weighted by molar-refractivity contribution is 4.83. The fraction of sp³-hybridized carbons (Fsp3) is 1.00. The molecule has 0 unspecified atom stereocenters. The topological polar surface area (TPSA) is 41.3 Å². The maximum absolute atomic E-state index is 6.08. The number of likely N-dealkylation sites (N-methyl/N-ethyl adjacent to an activating group) is 1. The summed E-state index contributed by atoms with van der Waals surface area (Å²) in [4.78, 5) is 2.45. The van der Waals surface area contributed by atoms with Crippen molar-refractivity contribution in [3.8, 4) is 0 Å². The highest BCUT2D eigenvalue weighted by Gasteiger charge is 2.20. The molecule has 1 aliphatic carbocycles. The second kappa shape index (κ2) is 7.20. The Balaban J connectivity index is 2.12. The van der Waals surface area contributed by atoms with E-state index >= 15 is 0 Å². The Kier molecular flexibility index (Phi) is 6.22. The van der Waals surface area contributed by atoms with E-state index in [1.165, 1.54) is 25.7 Å². The molecule has 0 heterocycles. The first kappa shape index (κ1) is 12.9. The Bertz CT molecular complexity index is 157. The van der Waals surface area contributed by atoms with Gasteiger partial charge in [-0.05, 0) is 25.9 Å². The summed E-state index contributed by atoms with van der Waals surface area (Å²) < 4.78 is 0. The lowest BCUT2D eigenvalue weighted by Crippen LogP contribution is -2.49. The van der Waals surface area contributed by atoms with Crippen molar-refractivity contribution in [3.63, 3.8) is 0 Å². The van der Waals surface area contributed by atoms with Crippen molar-refractivity contribution in [2.45, 2.75) is 51.6 Å². The number of hydrogen-bond acceptors (Lipinski definition) is 3. The van der Waals surface area contributed by atoms with Gasteiger partial charge in [-0.25, -0.2) is 0 Å². The smallest absolute Gasteiger partial charge is 0.0219 e. The molecular formula is C12H27N3. The van der Waals surface area contributed by atoms with Crippen molar-refractivity contribution in [2.24, 2.45) is 5.73 Å². The van der Waals surface area contributed by atoms with Gasteiger partial charge in [0, 0.05) is 25.2 Å². The normalized spacial score (nSPS) is 27.2. The Morgan fingerprint density at radius 1 is 1.20 bits per heavy atom. The summed E-state index contributed by atoms with van der Waals surface area (Å²) >= 11 is 0. The zero-order chi connectivity index (χ0) is 11.1. The van der Waals surface area contributed by atoms with Gasteiger partial charge in [-0.1, -0.05) is 26.7 Å². The van der Waals surface area contributed by atoms with Crippen LogP contribution in [0.5, 0.6) is 0 Å². The lowest BCUT2D eigenvalue weighted by atomic mass is 9.91. The quantitative estimate of drug-likeness (QED) is 0.696. The van der Waals surface area contributed by atoms with Gasteiger partial charge in [0.05, 0.1) is 0 Å². The number of nitrogens with one attached hydrogen (secondary N) is 1. The Labute approximate surface area is 94.4 Å². The Morgan fingerprint density at radius 2 is 1.87 bits per heavy atom. The largest absolute Gasteiger partial charge is 0.326 e. The third-order valence-electron chi connectivity index (χ3n) is 3.55. The molecule has 0 radical (unpaired) electrons. The minimum Gasteiger partial charge on any atom is -0.326 e. The molecule has 0 aromatic rings. The van der Waals surface area contributed by atoms with E-state index in [9.17, 15) is 0 Å². The summed E-state index contributed by atoms with van der Waals surface area (Å²) in [6.45, 7) is 8.96. The van der Waals surface area contributed by atoms with Gasteiger partial charge >= 0.3 is 0 Å². The number of rotatable bonds is 6. The molecule has 0 aromatic heterocycles. The fourth-order valence-electron chi connectivity index (χ4n) is 2.36. The van der Waals surface area contributed by atoms with Crippen LogP contribution in [0.3, 0.4) is 0 Å². The van der Waals surface area contributed by atoms with Gasteiger partial charge in [0.15, 0.2) is 0 Å². The molecule has 90 valence electrons. The minimum absolute atomic E-state index is 0.385. The summed E-state index contributed by atoms with van der Waals surface area (Å²) in [6.07, 6.45) is 5.12. The highest BCUT2D eigenvalue weighted by atomic mass is 15.1. The first-order chi connectivity index (χ1) is 7.27. The monoisotopic (exact) mass is 213 g/mol. The average Bonchev–Trinajstić information content (AvgIpc) is 2.27. The molecule has 1 saturated carbocycles. The van der Waals surface area contributed by atoms with Gasteiger partial charge in [0.2, 0.25) is 0 Å². The van der Waals surface area contributed by atoms with Crippen LogP contribution in [0, 0.1) is 0 Å². The van der Waals surface area contributed by atoms with Crippen LogP contribution in [0.4, 0.5) is 0 Å². The van der Waals surface area contributed by atoms with Gasteiger partial charge < -0.3 is 16.0 Å². The predicted molar refractivity (Wildman–Crippen MR) is 66.0 cm³/mol. The zero-order valence-electron chi connectivity index (χ0n) is 10.3. The molecule has 3 N–H and O–H groups in total. The molecule has 0 bridgehead atoms. The van der Waals surface area contributed by atoms with E-state index in [1.54, 1.807) is 0 Å². The van der Waals surface area contributed by atoms with Gasteiger partial charge in [-0.2, -0.15) is 0 Å². The van der Waals surface area contributed by atoms with Crippen LogP contribution in [0.1, 0.15) is 39.5 Å². The lowest BCUT2D eigenvalue weighted by molar-refractivity contribution is 0.274. The first-order valence-corrected chi connectivity index (χ1v) is 6.49. The van der Waals surface area contributed by atoms with E-state index in [1.807, 2.05) is 0 Å². The van der Waals surface area contributed by atoms with Crippen LogP contribution in [0.25, 0.3) is 0 Å². The van der Waals surface area contributed by atoms with Gasteiger partial charge in [-0.3, -0.25) is 0 Å². The van der Waals surface area contributed by atoms with E-state index in [0.717, 1.165) is 26.2 Å². The summed E-state index contributed by atoms with van der Waals surface area (Å²) in [6, 6.07) is 0.949. The van der Waals surface area contributed by atoms with Crippen molar-refractivity contribution < 1.29 is 0 Å². The molecule has 15 heavy (non-hydrogen) atoms. The third kappa shape index (κ3) is 4.49. The van der Waals surface area contributed by atoms with Crippen LogP contribution < -0.4 is 11.1 Å². The number of nitrogens with two attached hydrogens (primary N) is 1. The van der Waals surface area contributed by atoms with Gasteiger partial charge in [-0.15, -0.1) is 0 Å². The zero-order valence-corrected chi connectivity index (χ0v) is 10.3. The van der Waals surface area contributed by atoms with Crippen molar-refractivity contribution in [3.05, 3.63) is 0 Å². The molecule has 2 atom stereocenters. The molecule has 3 heteroatoms. The minimum atomic E-state index is 0.385. The van der Waals surface area contributed by atoms with E-state index in [-0.39, 0.29) is 0 Å². The molecule has 1 aliphatic rings. The Morgan fingerprint density at radius 3 is 2.47 bits per heavy atom. The summed E-state index contributed by atoms with van der Waals surface area (Å²) in [5, 5.41) is 3.60. The summed E-state index contributed by atoms with van der Waals surface area (Å²) in [5.41, 5.74) is 6.08.